The van der Waals surface area contributed by atoms with E-state index in [2.05, 4.69) is 10.2 Å². The summed E-state index contributed by atoms with van der Waals surface area (Å²) in [4.78, 5) is 14.6. The van der Waals surface area contributed by atoms with E-state index in [-0.39, 0.29) is 17.0 Å². The Morgan fingerprint density at radius 3 is 2.54 bits per heavy atom. The molecule has 0 radical (unpaired) electrons. The van der Waals surface area contributed by atoms with Crippen LogP contribution >= 0.6 is 11.8 Å². The fourth-order valence-electron chi connectivity index (χ4n) is 2.67. The normalized spacial score (nSPS) is 17.1. The van der Waals surface area contributed by atoms with E-state index in [0.717, 1.165) is 24.0 Å². The maximum atomic E-state index is 13.0. The Balaban J connectivity index is 1.88. The highest BCUT2D eigenvalue weighted by Crippen LogP contribution is 2.32. The second kappa shape index (κ2) is 7.43. The minimum atomic E-state index is -4.46. The highest BCUT2D eigenvalue weighted by atomic mass is 32.2. The lowest BCUT2D eigenvalue weighted by Gasteiger charge is -2.31. The Kier molecular flexibility index (Phi) is 5.42. The molecule has 0 aliphatic carbocycles. The third kappa shape index (κ3) is 3.96. The van der Waals surface area contributed by atoms with Crippen LogP contribution in [0.3, 0.4) is 0 Å². The Morgan fingerprint density at radius 2 is 1.92 bits per heavy atom. The number of halogens is 3. The first-order chi connectivity index (χ1) is 12.3. The maximum absolute atomic E-state index is 13.0. The third-order valence-electron chi connectivity index (χ3n) is 4.10. The predicted octanol–water partition coefficient (Wildman–Crippen LogP) is 2.72. The van der Waals surface area contributed by atoms with Crippen LogP contribution in [-0.2, 0) is 15.7 Å². The van der Waals surface area contributed by atoms with Gasteiger partial charge in [-0.1, -0.05) is 25.6 Å². The number of morpholine rings is 1. The molecule has 1 fully saturated rings. The van der Waals surface area contributed by atoms with Gasteiger partial charge in [-0.05, 0) is 18.1 Å². The van der Waals surface area contributed by atoms with Crippen LogP contribution in [0.4, 0.5) is 13.2 Å². The van der Waals surface area contributed by atoms with Crippen molar-refractivity contribution in [2.75, 3.05) is 26.3 Å². The molecule has 0 spiro atoms. The summed E-state index contributed by atoms with van der Waals surface area (Å²) in [5, 5.41) is 7.69. The molecule has 1 amide bonds. The van der Waals surface area contributed by atoms with E-state index in [1.165, 1.54) is 10.5 Å². The SMILES string of the molecule is CC(C)C(Sc1nnc2ccc(C(F)(F)F)cn12)C(=O)N1CCOCC1. The van der Waals surface area contributed by atoms with Crippen LogP contribution in [0, 0.1) is 5.92 Å². The molecule has 1 aliphatic rings. The Bertz CT molecular complexity index is 787. The molecule has 1 atom stereocenters. The van der Waals surface area contributed by atoms with Crippen LogP contribution in [0.1, 0.15) is 19.4 Å². The lowest BCUT2D eigenvalue weighted by molar-refractivity contribution is -0.138. The summed E-state index contributed by atoms with van der Waals surface area (Å²) in [6.07, 6.45) is -3.49. The molecule has 142 valence electrons. The van der Waals surface area contributed by atoms with Crippen LogP contribution in [0.2, 0.25) is 0 Å². The number of aromatic nitrogens is 3. The van der Waals surface area contributed by atoms with E-state index in [1.807, 2.05) is 13.8 Å². The number of alkyl halides is 3. The summed E-state index contributed by atoms with van der Waals surface area (Å²) in [6, 6.07) is 2.24. The molecule has 1 aliphatic heterocycles. The van der Waals surface area contributed by atoms with Crippen molar-refractivity contribution in [3.8, 4) is 0 Å². The van der Waals surface area contributed by atoms with Gasteiger partial charge < -0.3 is 9.64 Å². The van der Waals surface area contributed by atoms with Gasteiger partial charge in [0.2, 0.25) is 5.91 Å². The van der Waals surface area contributed by atoms with Gasteiger partial charge in [0.05, 0.1) is 24.0 Å². The number of hydrogen-bond acceptors (Lipinski definition) is 5. The molecule has 0 saturated carbocycles. The highest BCUT2D eigenvalue weighted by Gasteiger charge is 2.33. The molecule has 2 aromatic heterocycles. The van der Waals surface area contributed by atoms with Gasteiger partial charge in [0.15, 0.2) is 10.8 Å². The van der Waals surface area contributed by atoms with Gasteiger partial charge in [-0.2, -0.15) is 13.2 Å². The van der Waals surface area contributed by atoms with Crippen molar-refractivity contribution in [1.29, 1.82) is 0 Å². The predicted molar refractivity (Wildman–Crippen MR) is 89.9 cm³/mol. The number of amides is 1. The maximum Gasteiger partial charge on any atom is 0.417 e. The summed E-state index contributed by atoms with van der Waals surface area (Å²) in [5.41, 5.74) is -0.478. The number of pyridine rings is 1. The first kappa shape index (κ1) is 19.0. The summed E-state index contributed by atoms with van der Waals surface area (Å²) in [6.45, 7) is 5.82. The van der Waals surface area contributed by atoms with E-state index < -0.39 is 17.0 Å². The van der Waals surface area contributed by atoms with Gasteiger partial charge in [-0.3, -0.25) is 9.20 Å². The van der Waals surface area contributed by atoms with Gasteiger partial charge in [0, 0.05) is 19.3 Å². The van der Waals surface area contributed by atoms with Gasteiger partial charge in [0.1, 0.15) is 0 Å². The molecule has 0 aromatic carbocycles. The smallest absolute Gasteiger partial charge is 0.378 e. The topological polar surface area (TPSA) is 59.7 Å². The quantitative estimate of drug-likeness (QED) is 0.754. The van der Waals surface area contributed by atoms with Crippen molar-refractivity contribution in [3.05, 3.63) is 23.9 Å². The number of hydrogen-bond donors (Lipinski definition) is 0. The number of fused-ring (bicyclic) bond motifs is 1. The van der Waals surface area contributed by atoms with Crippen LogP contribution < -0.4 is 0 Å². The van der Waals surface area contributed by atoms with Gasteiger partial charge in [-0.25, -0.2) is 0 Å². The first-order valence-corrected chi connectivity index (χ1v) is 9.10. The van der Waals surface area contributed by atoms with E-state index in [0.29, 0.717) is 32.0 Å². The lowest BCUT2D eigenvalue weighted by atomic mass is 10.1. The van der Waals surface area contributed by atoms with E-state index in [1.54, 1.807) is 4.90 Å². The van der Waals surface area contributed by atoms with Crippen LogP contribution in [-0.4, -0.2) is 57.0 Å². The zero-order chi connectivity index (χ0) is 18.9. The molecule has 6 nitrogen and oxygen atoms in total. The molecular weight excluding hydrogens is 369 g/mol. The van der Waals surface area contributed by atoms with Gasteiger partial charge in [-0.15, -0.1) is 10.2 Å². The summed E-state index contributed by atoms with van der Waals surface area (Å²) >= 11 is 1.14. The summed E-state index contributed by atoms with van der Waals surface area (Å²) < 4.78 is 45.5. The monoisotopic (exact) mass is 388 g/mol. The van der Waals surface area contributed by atoms with Crippen LogP contribution in [0.5, 0.6) is 0 Å². The first-order valence-electron chi connectivity index (χ1n) is 8.22. The fraction of sp³-hybridized carbons (Fsp3) is 0.562. The molecule has 3 rings (SSSR count). The second-order valence-corrected chi connectivity index (χ2v) is 7.46. The highest BCUT2D eigenvalue weighted by molar-refractivity contribution is 8.00. The summed E-state index contributed by atoms with van der Waals surface area (Å²) in [5.74, 6) is -0.0782. The van der Waals surface area contributed by atoms with Gasteiger partial charge in [0.25, 0.3) is 0 Å². The third-order valence-corrected chi connectivity index (χ3v) is 5.59. The molecule has 0 bridgehead atoms. The van der Waals surface area contributed by atoms with E-state index >= 15 is 0 Å². The molecule has 0 N–H and O–H groups in total. The zero-order valence-corrected chi connectivity index (χ0v) is 15.2. The number of carbonyl (C=O) groups is 1. The van der Waals surface area contributed by atoms with Gasteiger partial charge >= 0.3 is 6.18 Å². The molecule has 2 aromatic rings. The zero-order valence-electron chi connectivity index (χ0n) is 14.4. The standard InChI is InChI=1S/C16H19F3N4O2S/c1-10(2)13(14(24)22-5-7-25-8-6-22)26-15-21-20-12-4-3-11(9-23(12)15)16(17,18)19/h3-4,9-10,13H,5-8H2,1-2H3. The van der Waals surface area contributed by atoms with Crippen molar-refractivity contribution in [3.63, 3.8) is 0 Å². The van der Waals surface area contributed by atoms with E-state index in [9.17, 15) is 18.0 Å². The fourth-order valence-corrected chi connectivity index (χ4v) is 3.76. The van der Waals surface area contributed by atoms with Crippen LogP contribution in [0.15, 0.2) is 23.5 Å². The second-order valence-electron chi connectivity index (χ2n) is 6.35. The van der Waals surface area contributed by atoms with Crippen molar-refractivity contribution in [1.82, 2.24) is 19.5 Å². The number of rotatable bonds is 4. The number of carbonyl (C=O) groups excluding carboxylic acids is 1. The molecule has 1 unspecified atom stereocenters. The van der Waals surface area contributed by atoms with Crippen molar-refractivity contribution >= 4 is 23.3 Å². The molecule has 3 heterocycles. The van der Waals surface area contributed by atoms with Crippen molar-refractivity contribution in [2.45, 2.75) is 30.4 Å². The number of ether oxygens (including phenoxy) is 1. The molecular formula is C16H19F3N4O2S. The van der Waals surface area contributed by atoms with Crippen molar-refractivity contribution in [2.24, 2.45) is 5.92 Å². The minimum Gasteiger partial charge on any atom is -0.378 e. The lowest BCUT2D eigenvalue weighted by Crippen LogP contribution is -2.46. The minimum absolute atomic E-state index is 0.0199. The van der Waals surface area contributed by atoms with Crippen molar-refractivity contribution < 1.29 is 22.7 Å². The Morgan fingerprint density at radius 1 is 1.23 bits per heavy atom. The average Bonchev–Trinajstić information content (AvgIpc) is 3.01. The number of nitrogens with zero attached hydrogens (tertiary/aromatic N) is 4. The number of thioether (sulfide) groups is 1. The Labute approximate surface area is 152 Å². The van der Waals surface area contributed by atoms with E-state index in [4.69, 9.17) is 4.74 Å². The summed E-state index contributed by atoms with van der Waals surface area (Å²) in [7, 11) is 0. The molecule has 26 heavy (non-hydrogen) atoms. The molecule has 10 heteroatoms. The average molecular weight is 388 g/mol. The molecule has 1 saturated heterocycles. The van der Waals surface area contributed by atoms with Crippen LogP contribution in [0.25, 0.3) is 5.65 Å². The Hall–Kier alpha value is -1.81. The largest absolute Gasteiger partial charge is 0.417 e.